The van der Waals surface area contributed by atoms with Crippen LogP contribution >= 0.6 is 27.7 Å². The average Bonchev–Trinajstić information content (AvgIpc) is 2.91. The first-order chi connectivity index (χ1) is 8.65. The van der Waals surface area contributed by atoms with Crippen LogP contribution in [0.5, 0.6) is 0 Å². The fraction of sp³-hybridized carbons (Fsp3) is 0.545. The maximum atomic E-state index is 4.57. The van der Waals surface area contributed by atoms with Crippen molar-refractivity contribution in [1.29, 1.82) is 0 Å². The largest absolute Gasteiger partial charge is 0.268 e. The number of thioether (sulfide) groups is 1. The van der Waals surface area contributed by atoms with E-state index in [1.807, 2.05) is 11.6 Å². The minimum Gasteiger partial charge on any atom is -0.268 e. The van der Waals surface area contributed by atoms with Gasteiger partial charge in [0.2, 0.25) is 5.16 Å². The minimum atomic E-state index is 0.779. The van der Waals surface area contributed by atoms with Gasteiger partial charge in [-0.3, -0.25) is 9.78 Å². The molecule has 18 heavy (non-hydrogen) atoms. The number of H-pyrrole nitrogens is 1. The number of aromatic nitrogens is 5. The highest BCUT2D eigenvalue weighted by molar-refractivity contribution is 9.10. The predicted molar refractivity (Wildman–Crippen MR) is 75.7 cm³/mol. The summed E-state index contributed by atoms with van der Waals surface area (Å²) in [6.45, 7) is 6.99. The number of nitrogens with zero attached hydrogens (tertiary/aromatic N) is 4. The molecular weight excluding hydrogens is 314 g/mol. The molecule has 5 nitrogen and oxygen atoms in total. The second-order valence-corrected chi connectivity index (χ2v) is 5.60. The molecule has 0 atom stereocenters. The number of rotatable bonds is 5. The van der Waals surface area contributed by atoms with Crippen molar-refractivity contribution in [1.82, 2.24) is 25.0 Å². The summed E-state index contributed by atoms with van der Waals surface area (Å²) in [6.07, 6.45) is 0.936. The van der Waals surface area contributed by atoms with E-state index in [-0.39, 0.29) is 0 Å². The number of nitrogens with one attached hydrogen (secondary N) is 1. The molecule has 1 N–H and O–H groups in total. The third-order valence-corrected chi connectivity index (χ3v) is 4.38. The van der Waals surface area contributed by atoms with Crippen molar-refractivity contribution in [3.63, 3.8) is 0 Å². The molecule has 0 fully saturated rings. The molecule has 2 heterocycles. The molecule has 0 aliphatic rings. The Balaban J connectivity index is 2.15. The summed E-state index contributed by atoms with van der Waals surface area (Å²) in [5, 5.41) is 12.3. The first kappa shape index (κ1) is 13.6. The van der Waals surface area contributed by atoms with Gasteiger partial charge < -0.3 is 0 Å². The molecule has 98 valence electrons. The van der Waals surface area contributed by atoms with E-state index in [0.717, 1.165) is 39.9 Å². The molecule has 0 saturated carbocycles. The first-order valence-electron chi connectivity index (χ1n) is 5.91. The summed E-state index contributed by atoms with van der Waals surface area (Å²) in [4.78, 5) is 4.29. The lowest BCUT2D eigenvalue weighted by molar-refractivity contribution is 0.627. The summed E-state index contributed by atoms with van der Waals surface area (Å²) in [5.74, 6) is 1.66. The van der Waals surface area contributed by atoms with Crippen molar-refractivity contribution < 1.29 is 0 Å². The summed E-state index contributed by atoms with van der Waals surface area (Å²) < 4.78 is 3.15. The monoisotopic (exact) mass is 329 g/mol. The van der Waals surface area contributed by atoms with Gasteiger partial charge in [-0.15, -0.1) is 5.10 Å². The molecule has 0 unspecified atom stereocenters. The van der Waals surface area contributed by atoms with Crippen molar-refractivity contribution in [2.24, 2.45) is 0 Å². The molecule has 2 aromatic heterocycles. The van der Waals surface area contributed by atoms with Crippen LogP contribution in [0, 0.1) is 6.92 Å². The van der Waals surface area contributed by atoms with Gasteiger partial charge >= 0.3 is 0 Å². The van der Waals surface area contributed by atoms with Gasteiger partial charge in [-0.1, -0.05) is 18.7 Å². The molecule has 0 bridgehead atoms. The average molecular weight is 330 g/mol. The van der Waals surface area contributed by atoms with Crippen molar-refractivity contribution in [3.05, 3.63) is 21.7 Å². The number of hydrogen-bond donors (Lipinski definition) is 1. The van der Waals surface area contributed by atoms with Gasteiger partial charge in [-0.05, 0) is 36.2 Å². The second-order valence-electron chi connectivity index (χ2n) is 3.87. The Labute approximate surface area is 119 Å². The molecule has 2 rings (SSSR count). The first-order valence-corrected chi connectivity index (χ1v) is 7.69. The summed E-state index contributed by atoms with van der Waals surface area (Å²) >= 11 is 5.25. The number of hydrogen-bond acceptors (Lipinski definition) is 4. The molecule has 0 aromatic carbocycles. The quantitative estimate of drug-likeness (QED) is 0.857. The molecule has 7 heteroatoms. The van der Waals surface area contributed by atoms with Crippen LogP contribution in [0.25, 0.3) is 0 Å². The van der Waals surface area contributed by atoms with Gasteiger partial charge in [-0.25, -0.2) is 4.98 Å². The van der Waals surface area contributed by atoms with Gasteiger partial charge in [0.15, 0.2) is 0 Å². The van der Waals surface area contributed by atoms with Crippen LogP contribution in [-0.2, 0) is 18.7 Å². The van der Waals surface area contributed by atoms with Crippen molar-refractivity contribution >= 4 is 27.7 Å². The zero-order valence-electron chi connectivity index (χ0n) is 10.7. The van der Waals surface area contributed by atoms with Crippen LogP contribution in [0.15, 0.2) is 9.63 Å². The maximum Gasteiger partial charge on any atom is 0.208 e. The fourth-order valence-electron chi connectivity index (χ4n) is 1.67. The molecule has 2 aromatic rings. The lowest BCUT2D eigenvalue weighted by atomic mass is 10.3. The molecule has 0 saturated heterocycles. The zero-order valence-corrected chi connectivity index (χ0v) is 13.1. The third kappa shape index (κ3) is 2.77. The number of halogens is 1. The topological polar surface area (TPSA) is 59.4 Å². The molecule has 0 aliphatic heterocycles. The highest BCUT2D eigenvalue weighted by Crippen LogP contribution is 2.28. The summed E-state index contributed by atoms with van der Waals surface area (Å²) in [7, 11) is 0. The Bertz CT molecular complexity index is 534. The van der Waals surface area contributed by atoms with Crippen LogP contribution in [0.4, 0.5) is 0 Å². The lowest BCUT2D eigenvalue weighted by Crippen LogP contribution is -2.02. The van der Waals surface area contributed by atoms with Crippen molar-refractivity contribution in [3.8, 4) is 0 Å². The van der Waals surface area contributed by atoms with Crippen molar-refractivity contribution in [2.75, 3.05) is 0 Å². The van der Waals surface area contributed by atoms with Crippen LogP contribution in [0.1, 0.15) is 31.1 Å². The van der Waals surface area contributed by atoms with Crippen LogP contribution in [-0.4, -0.2) is 25.0 Å². The van der Waals surface area contributed by atoms with E-state index in [1.54, 1.807) is 11.8 Å². The molecule has 0 spiro atoms. The van der Waals surface area contributed by atoms with Gasteiger partial charge in [0.05, 0.1) is 15.9 Å². The van der Waals surface area contributed by atoms with E-state index >= 15 is 0 Å². The molecular formula is C11H16BrN5S. The highest BCUT2D eigenvalue weighted by Gasteiger charge is 2.14. The van der Waals surface area contributed by atoms with E-state index in [9.17, 15) is 0 Å². The van der Waals surface area contributed by atoms with E-state index in [4.69, 9.17) is 0 Å². The second kappa shape index (κ2) is 5.88. The Morgan fingerprint density at radius 2 is 2.17 bits per heavy atom. The van der Waals surface area contributed by atoms with E-state index in [1.165, 1.54) is 5.69 Å². The zero-order chi connectivity index (χ0) is 13.1. The molecule has 0 aliphatic carbocycles. The number of aryl methyl sites for hydroxylation is 3. The summed E-state index contributed by atoms with van der Waals surface area (Å²) in [5.41, 5.74) is 2.31. The predicted octanol–water partition coefficient (Wildman–Crippen LogP) is 2.95. The van der Waals surface area contributed by atoms with Crippen molar-refractivity contribution in [2.45, 2.75) is 44.6 Å². The Hall–Kier alpha value is -0.820. The van der Waals surface area contributed by atoms with Crippen LogP contribution < -0.4 is 0 Å². The molecule has 0 radical (unpaired) electrons. The van der Waals surface area contributed by atoms with Gasteiger partial charge in [-0.2, -0.15) is 5.10 Å². The lowest BCUT2D eigenvalue weighted by Gasteiger charge is -2.03. The molecule has 0 amide bonds. The fourth-order valence-corrected chi connectivity index (χ4v) is 3.44. The van der Waals surface area contributed by atoms with Gasteiger partial charge in [0.1, 0.15) is 5.82 Å². The minimum absolute atomic E-state index is 0.779. The smallest absolute Gasteiger partial charge is 0.208 e. The third-order valence-electron chi connectivity index (χ3n) is 2.61. The standard InChI is InChI=1S/C11H16BrN5S/c1-4-8-10(12)9(17(5-2)16-8)6-18-11-13-7(3)14-15-11/h4-6H2,1-3H3,(H,13,14,15). The van der Waals surface area contributed by atoms with Crippen LogP contribution in [0.3, 0.4) is 0 Å². The van der Waals surface area contributed by atoms with Crippen LogP contribution in [0.2, 0.25) is 0 Å². The Kier molecular flexibility index (Phi) is 4.45. The highest BCUT2D eigenvalue weighted by atomic mass is 79.9. The maximum absolute atomic E-state index is 4.57. The SMILES string of the molecule is CCc1nn(CC)c(CSc2n[nH]c(C)n2)c1Br. The summed E-state index contributed by atoms with van der Waals surface area (Å²) in [6, 6.07) is 0. The Morgan fingerprint density at radius 1 is 1.39 bits per heavy atom. The Morgan fingerprint density at radius 3 is 2.72 bits per heavy atom. The van der Waals surface area contributed by atoms with E-state index < -0.39 is 0 Å². The van der Waals surface area contributed by atoms with Gasteiger partial charge in [0.25, 0.3) is 0 Å². The normalized spacial score (nSPS) is 11.1. The van der Waals surface area contributed by atoms with Gasteiger partial charge in [0, 0.05) is 12.3 Å². The van der Waals surface area contributed by atoms with E-state index in [2.05, 4.69) is 50.1 Å². The van der Waals surface area contributed by atoms with E-state index in [0.29, 0.717) is 0 Å². The number of aromatic amines is 1.